The summed E-state index contributed by atoms with van der Waals surface area (Å²) < 4.78 is 0. The van der Waals surface area contributed by atoms with Gasteiger partial charge >= 0.3 is 0 Å². The molecule has 1 aromatic rings. The number of rotatable bonds is 3. The highest BCUT2D eigenvalue weighted by Gasteiger charge is 1.89. The molecule has 0 radical (unpaired) electrons. The van der Waals surface area contributed by atoms with E-state index in [-0.39, 0.29) is 0 Å². The van der Waals surface area contributed by atoms with E-state index in [2.05, 4.69) is 19.7 Å². The first-order valence-electron chi connectivity index (χ1n) is 4.82. The van der Waals surface area contributed by atoms with Crippen molar-refractivity contribution in [3.63, 3.8) is 0 Å². The Labute approximate surface area is 96.8 Å². The molecule has 0 aliphatic rings. The van der Waals surface area contributed by atoms with E-state index in [0.29, 0.717) is 5.57 Å². The summed E-state index contributed by atoms with van der Waals surface area (Å²) in [5, 5.41) is 0. The van der Waals surface area contributed by atoms with Gasteiger partial charge in [-0.2, -0.15) is 0 Å². The van der Waals surface area contributed by atoms with Crippen LogP contribution in [0.3, 0.4) is 0 Å². The summed E-state index contributed by atoms with van der Waals surface area (Å²) in [6.07, 6.45) is 3.66. The summed E-state index contributed by atoms with van der Waals surface area (Å²) >= 11 is 0. The van der Waals surface area contributed by atoms with Crippen molar-refractivity contribution < 1.29 is 4.79 Å². The molecule has 0 bridgehead atoms. The quantitative estimate of drug-likeness (QED) is 0.774. The van der Waals surface area contributed by atoms with Crippen LogP contribution in [-0.4, -0.2) is 5.91 Å². The van der Waals surface area contributed by atoms with Crippen LogP contribution in [-0.2, 0) is 4.79 Å². The van der Waals surface area contributed by atoms with Crippen molar-refractivity contribution in [3.8, 4) is 0 Å². The van der Waals surface area contributed by atoms with Crippen molar-refractivity contribution in [2.45, 2.75) is 6.92 Å². The fourth-order valence-electron chi connectivity index (χ4n) is 0.883. The molecular formula is C14H17NO. The van der Waals surface area contributed by atoms with E-state index in [0.717, 1.165) is 11.1 Å². The first-order valence-corrected chi connectivity index (χ1v) is 4.82. The van der Waals surface area contributed by atoms with E-state index in [4.69, 9.17) is 5.73 Å². The minimum absolute atomic E-state index is 0.398. The third kappa shape index (κ3) is 4.96. The minimum Gasteiger partial charge on any atom is -0.366 e. The predicted octanol–water partition coefficient (Wildman–Crippen LogP) is 3.02. The average Bonchev–Trinajstić information content (AvgIpc) is 2.29. The van der Waals surface area contributed by atoms with Crippen LogP contribution in [0.1, 0.15) is 18.1 Å². The van der Waals surface area contributed by atoms with E-state index < -0.39 is 5.91 Å². The molecule has 0 atom stereocenters. The lowest BCUT2D eigenvalue weighted by Gasteiger charge is -1.96. The third-order valence-electron chi connectivity index (χ3n) is 1.86. The lowest BCUT2D eigenvalue weighted by molar-refractivity contribution is -0.114. The predicted molar refractivity (Wildman–Crippen MR) is 70.6 cm³/mol. The van der Waals surface area contributed by atoms with Crippen LogP contribution in [0.15, 0.2) is 49.6 Å². The van der Waals surface area contributed by atoms with Gasteiger partial charge in [0.05, 0.1) is 0 Å². The Morgan fingerprint density at radius 1 is 1.19 bits per heavy atom. The number of benzene rings is 1. The number of carbonyl (C=O) groups excluding carboxylic acids is 1. The first kappa shape index (κ1) is 13.9. The van der Waals surface area contributed by atoms with Crippen LogP contribution < -0.4 is 5.73 Å². The first-order chi connectivity index (χ1) is 7.52. The number of nitrogens with two attached hydrogens (primary N) is 1. The van der Waals surface area contributed by atoms with Gasteiger partial charge in [0.15, 0.2) is 0 Å². The molecule has 2 heteroatoms. The van der Waals surface area contributed by atoms with E-state index in [1.165, 1.54) is 0 Å². The van der Waals surface area contributed by atoms with Gasteiger partial charge in [-0.25, -0.2) is 0 Å². The molecule has 1 rings (SSSR count). The van der Waals surface area contributed by atoms with E-state index in [1.54, 1.807) is 6.92 Å². The molecule has 0 saturated carbocycles. The topological polar surface area (TPSA) is 43.1 Å². The molecule has 0 aromatic heterocycles. The van der Waals surface area contributed by atoms with Crippen LogP contribution >= 0.6 is 0 Å². The molecule has 0 saturated heterocycles. The standard InChI is InChI=1S/C10H10.C4H7NO/c1-3-9-7-5-6-8-10(9)4-2;1-3(2)4(5)6/h3-8H,1-2H2;1H2,2H3,(H2,5,6). The molecular weight excluding hydrogens is 198 g/mol. The van der Waals surface area contributed by atoms with Crippen molar-refractivity contribution in [3.05, 3.63) is 60.7 Å². The highest BCUT2D eigenvalue weighted by atomic mass is 16.1. The van der Waals surface area contributed by atoms with Crippen LogP contribution in [0, 0.1) is 0 Å². The van der Waals surface area contributed by atoms with Gasteiger partial charge in [-0.1, -0.05) is 56.2 Å². The Balaban J connectivity index is 0.000000325. The molecule has 84 valence electrons. The van der Waals surface area contributed by atoms with Gasteiger partial charge in [-0.05, 0) is 18.1 Å². The monoisotopic (exact) mass is 215 g/mol. The summed E-state index contributed by atoms with van der Waals surface area (Å²) in [6, 6.07) is 8.02. The Hall–Kier alpha value is -2.09. The van der Waals surface area contributed by atoms with Gasteiger partial charge in [0.2, 0.25) is 5.91 Å². The maximum Gasteiger partial charge on any atom is 0.243 e. The summed E-state index contributed by atoms with van der Waals surface area (Å²) in [7, 11) is 0. The third-order valence-corrected chi connectivity index (χ3v) is 1.86. The largest absolute Gasteiger partial charge is 0.366 e. The SMILES string of the molecule is C=C(C)C(N)=O.C=Cc1ccccc1C=C. The Bertz CT molecular complexity index is 366. The van der Waals surface area contributed by atoms with Crippen LogP contribution in [0.5, 0.6) is 0 Å². The minimum atomic E-state index is -0.435. The van der Waals surface area contributed by atoms with Crippen LogP contribution in [0.2, 0.25) is 0 Å². The zero-order valence-corrected chi connectivity index (χ0v) is 9.57. The highest BCUT2D eigenvalue weighted by molar-refractivity contribution is 5.90. The Morgan fingerprint density at radius 3 is 1.69 bits per heavy atom. The van der Waals surface area contributed by atoms with Crippen molar-refractivity contribution in [2.24, 2.45) is 5.73 Å². The number of carbonyl (C=O) groups is 1. The fourth-order valence-corrected chi connectivity index (χ4v) is 0.883. The van der Waals surface area contributed by atoms with Crippen LogP contribution in [0.4, 0.5) is 0 Å². The second kappa shape index (κ2) is 7.23. The molecule has 0 unspecified atom stereocenters. The van der Waals surface area contributed by atoms with E-state index >= 15 is 0 Å². The zero-order valence-electron chi connectivity index (χ0n) is 9.57. The molecule has 0 spiro atoms. The molecule has 0 fully saturated rings. The molecule has 0 heterocycles. The van der Waals surface area contributed by atoms with Crippen LogP contribution in [0.25, 0.3) is 12.2 Å². The van der Waals surface area contributed by atoms with Crippen molar-refractivity contribution in [1.82, 2.24) is 0 Å². The fraction of sp³-hybridized carbons (Fsp3) is 0.0714. The second-order valence-corrected chi connectivity index (χ2v) is 3.18. The smallest absolute Gasteiger partial charge is 0.243 e. The van der Waals surface area contributed by atoms with Crippen molar-refractivity contribution in [1.29, 1.82) is 0 Å². The number of hydrogen-bond donors (Lipinski definition) is 1. The van der Waals surface area contributed by atoms with Gasteiger partial charge in [0.1, 0.15) is 0 Å². The van der Waals surface area contributed by atoms with Crippen molar-refractivity contribution >= 4 is 18.1 Å². The van der Waals surface area contributed by atoms with Gasteiger partial charge in [-0.3, -0.25) is 4.79 Å². The summed E-state index contributed by atoms with van der Waals surface area (Å²) in [5.41, 5.74) is 7.37. The second-order valence-electron chi connectivity index (χ2n) is 3.18. The molecule has 0 aliphatic heterocycles. The molecule has 1 aromatic carbocycles. The molecule has 0 aliphatic carbocycles. The van der Waals surface area contributed by atoms with Gasteiger partial charge in [0.25, 0.3) is 0 Å². The summed E-state index contributed by atoms with van der Waals surface area (Å²) in [6.45, 7) is 12.2. The van der Waals surface area contributed by atoms with E-state index in [1.807, 2.05) is 36.4 Å². The lowest BCUT2D eigenvalue weighted by atomic mass is 10.1. The maximum atomic E-state index is 9.82. The Kier molecular flexibility index (Phi) is 6.29. The number of primary amides is 1. The summed E-state index contributed by atoms with van der Waals surface area (Å²) in [5.74, 6) is -0.435. The normalized spacial score (nSPS) is 8.31. The van der Waals surface area contributed by atoms with E-state index in [9.17, 15) is 4.79 Å². The maximum absolute atomic E-state index is 9.82. The molecule has 2 nitrogen and oxygen atoms in total. The van der Waals surface area contributed by atoms with Gasteiger partial charge in [-0.15, -0.1) is 0 Å². The molecule has 16 heavy (non-hydrogen) atoms. The lowest BCUT2D eigenvalue weighted by Crippen LogP contribution is -2.10. The molecule has 2 N–H and O–H groups in total. The Morgan fingerprint density at radius 2 is 1.50 bits per heavy atom. The van der Waals surface area contributed by atoms with Crippen molar-refractivity contribution in [2.75, 3.05) is 0 Å². The van der Waals surface area contributed by atoms with Gasteiger partial charge in [0, 0.05) is 5.57 Å². The number of amides is 1. The average molecular weight is 215 g/mol. The molecule has 1 amide bonds. The summed E-state index contributed by atoms with van der Waals surface area (Å²) in [4.78, 5) is 9.82. The highest BCUT2D eigenvalue weighted by Crippen LogP contribution is 2.10. The zero-order chi connectivity index (χ0) is 12.6. The van der Waals surface area contributed by atoms with Gasteiger partial charge < -0.3 is 5.73 Å². The number of hydrogen-bond acceptors (Lipinski definition) is 1.